The van der Waals surface area contributed by atoms with E-state index in [2.05, 4.69) is 22.1 Å². The highest BCUT2D eigenvalue weighted by Crippen LogP contribution is 2.14. The van der Waals surface area contributed by atoms with Gasteiger partial charge in [-0.1, -0.05) is 6.92 Å². The predicted molar refractivity (Wildman–Crippen MR) is 70.9 cm³/mol. The molecule has 0 aliphatic carbocycles. The maximum atomic E-state index is 12.8. The van der Waals surface area contributed by atoms with E-state index >= 15 is 0 Å². The van der Waals surface area contributed by atoms with Crippen molar-refractivity contribution in [3.05, 3.63) is 29.8 Å². The molecule has 0 spiro atoms. The second-order valence-electron chi connectivity index (χ2n) is 4.86. The van der Waals surface area contributed by atoms with Gasteiger partial charge < -0.3 is 10.2 Å². The van der Waals surface area contributed by atoms with Gasteiger partial charge in [0.15, 0.2) is 0 Å². The third kappa shape index (κ3) is 3.75. The molecule has 1 saturated heterocycles. The SMILES string of the molecule is CCC(NCCN1CCCC1)c1ccc(F)cn1. The summed E-state index contributed by atoms with van der Waals surface area (Å²) in [6.07, 6.45) is 4.92. The lowest BCUT2D eigenvalue weighted by molar-refractivity contribution is 0.325. The Labute approximate surface area is 108 Å². The standard InChI is InChI=1S/C14H22FN3/c1-2-13(14-6-5-12(15)11-17-14)16-7-10-18-8-3-4-9-18/h5-6,11,13,16H,2-4,7-10H2,1H3. The summed E-state index contributed by atoms with van der Waals surface area (Å²) in [5.41, 5.74) is 0.931. The highest BCUT2D eigenvalue weighted by Gasteiger charge is 2.13. The second kappa shape index (κ2) is 6.81. The smallest absolute Gasteiger partial charge is 0.141 e. The van der Waals surface area contributed by atoms with Crippen LogP contribution in [0.2, 0.25) is 0 Å². The first-order valence-electron chi connectivity index (χ1n) is 6.87. The molecule has 2 rings (SSSR count). The molecule has 1 aromatic rings. The molecule has 1 unspecified atom stereocenters. The summed E-state index contributed by atoms with van der Waals surface area (Å²) in [5.74, 6) is -0.273. The van der Waals surface area contributed by atoms with E-state index in [1.807, 2.05) is 0 Å². The van der Waals surface area contributed by atoms with Gasteiger partial charge in [0.05, 0.1) is 11.9 Å². The van der Waals surface area contributed by atoms with E-state index in [0.29, 0.717) is 0 Å². The van der Waals surface area contributed by atoms with Crippen LogP contribution in [0.1, 0.15) is 37.9 Å². The van der Waals surface area contributed by atoms with Crippen molar-refractivity contribution in [1.82, 2.24) is 15.2 Å². The fraction of sp³-hybridized carbons (Fsp3) is 0.643. The number of likely N-dealkylation sites (tertiary alicyclic amines) is 1. The molecule has 0 amide bonds. The fourth-order valence-corrected chi connectivity index (χ4v) is 2.45. The number of nitrogens with zero attached hydrogens (tertiary/aromatic N) is 2. The lowest BCUT2D eigenvalue weighted by Crippen LogP contribution is -2.32. The van der Waals surface area contributed by atoms with Crippen LogP contribution in [0.3, 0.4) is 0 Å². The molecule has 1 aliphatic rings. The summed E-state index contributed by atoms with van der Waals surface area (Å²) >= 11 is 0. The summed E-state index contributed by atoms with van der Waals surface area (Å²) in [4.78, 5) is 6.63. The van der Waals surface area contributed by atoms with E-state index in [-0.39, 0.29) is 11.9 Å². The molecular formula is C14H22FN3. The minimum Gasteiger partial charge on any atom is -0.307 e. The minimum atomic E-state index is -0.273. The summed E-state index contributed by atoms with van der Waals surface area (Å²) in [5, 5.41) is 3.51. The van der Waals surface area contributed by atoms with Crippen LogP contribution in [0, 0.1) is 5.82 Å². The number of aromatic nitrogens is 1. The van der Waals surface area contributed by atoms with Gasteiger partial charge in [0.2, 0.25) is 0 Å². The molecule has 1 aliphatic heterocycles. The van der Waals surface area contributed by atoms with Crippen molar-refractivity contribution in [3.63, 3.8) is 0 Å². The van der Waals surface area contributed by atoms with E-state index in [1.54, 1.807) is 6.07 Å². The quantitative estimate of drug-likeness (QED) is 0.841. The Balaban J connectivity index is 1.79. The minimum absolute atomic E-state index is 0.230. The van der Waals surface area contributed by atoms with Crippen molar-refractivity contribution in [1.29, 1.82) is 0 Å². The van der Waals surface area contributed by atoms with Crippen molar-refractivity contribution in [2.24, 2.45) is 0 Å². The van der Waals surface area contributed by atoms with Crippen LogP contribution in [0.4, 0.5) is 4.39 Å². The van der Waals surface area contributed by atoms with Crippen LogP contribution in [-0.4, -0.2) is 36.1 Å². The monoisotopic (exact) mass is 251 g/mol. The van der Waals surface area contributed by atoms with Gasteiger partial charge in [-0.2, -0.15) is 0 Å². The van der Waals surface area contributed by atoms with Gasteiger partial charge in [-0.3, -0.25) is 4.98 Å². The topological polar surface area (TPSA) is 28.2 Å². The predicted octanol–water partition coefficient (Wildman–Crippen LogP) is 2.36. The molecule has 3 nitrogen and oxygen atoms in total. The molecular weight excluding hydrogens is 229 g/mol. The number of rotatable bonds is 6. The van der Waals surface area contributed by atoms with E-state index in [1.165, 1.54) is 38.2 Å². The summed E-state index contributed by atoms with van der Waals surface area (Å²) in [7, 11) is 0. The first-order chi connectivity index (χ1) is 8.79. The van der Waals surface area contributed by atoms with Crippen LogP contribution in [0.15, 0.2) is 18.3 Å². The zero-order valence-electron chi connectivity index (χ0n) is 11.0. The lowest BCUT2D eigenvalue weighted by Gasteiger charge is -2.19. The fourth-order valence-electron chi connectivity index (χ4n) is 2.45. The van der Waals surface area contributed by atoms with E-state index in [4.69, 9.17) is 0 Å². The zero-order chi connectivity index (χ0) is 12.8. The Morgan fingerprint density at radius 3 is 2.78 bits per heavy atom. The molecule has 100 valence electrons. The van der Waals surface area contributed by atoms with Crippen LogP contribution in [-0.2, 0) is 0 Å². The van der Waals surface area contributed by atoms with Crippen LogP contribution in [0.5, 0.6) is 0 Å². The maximum absolute atomic E-state index is 12.8. The number of hydrogen-bond acceptors (Lipinski definition) is 3. The Hall–Kier alpha value is -1.00. The zero-order valence-corrected chi connectivity index (χ0v) is 11.0. The largest absolute Gasteiger partial charge is 0.307 e. The third-order valence-electron chi connectivity index (χ3n) is 3.53. The molecule has 2 heterocycles. The lowest BCUT2D eigenvalue weighted by atomic mass is 10.1. The van der Waals surface area contributed by atoms with Crippen molar-refractivity contribution in [2.45, 2.75) is 32.2 Å². The summed E-state index contributed by atoms with van der Waals surface area (Å²) < 4.78 is 12.8. The maximum Gasteiger partial charge on any atom is 0.141 e. The molecule has 0 aromatic carbocycles. The number of halogens is 1. The van der Waals surface area contributed by atoms with Gasteiger partial charge in [0.25, 0.3) is 0 Å². The Bertz CT molecular complexity index is 347. The average Bonchev–Trinajstić information content (AvgIpc) is 2.89. The van der Waals surface area contributed by atoms with Crippen LogP contribution >= 0.6 is 0 Å². The van der Waals surface area contributed by atoms with E-state index in [0.717, 1.165) is 25.2 Å². The third-order valence-corrected chi connectivity index (χ3v) is 3.53. The molecule has 18 heavy (non-hydrogen) atoms. The Kier molecular flexibility index (Phi) is 5.08. The molecule has 1 N–H and O–H groups in total. The van der Waals surface area contributed by atoms with E-state index < -0.39 is 0 Å². The van der Waals surface area contributed by atoms with Crippen molar-refractivity contribution in [2.75, 3.05) is 26.2 Å². The van der Waals surface area contributed by atoms with Gasteiger partial charge in [0.1, 0.15) is 5.82 Å². The van der Waals surface area contributed by atoms with Gasteiger partial charge in [0, 0.05) is 19.1 Å². The first-order valence-corrected chi connectivity index (χ1v) is 6.87. The summed E-state index contributed by atoms with van der Waals surface area (Å²) in [6, 6.07) is 3.48. The van der Waals surface area contributed by atoms with Crippen LogP contribution < -0.4 is 5.32 Å². The van der Waals surface area contributed by atoms with E-state index in [9.17, 15) is 4.39 Å². The highest BCUT2D eigenvalue weighted by molar-refractivity contribution is 5.09. The Morgan fingerprint density at radius 2 is 2.17 bits per heavy atom. The first kappa shape index (κ1) is 13.4. The molecule has 0 bridgehead atoms. The van der Waals surface area contributed by atoms with Crippen LogP contribution in [0.25, 0.3) is 0 Å². The number of nitrogens with one attached hydrogen (secondary N) is 1. The van der Waals surface area contributed by atoms with Crippen molar-refractivity contribution in [3.8, 4) is 0 Å². The molecule has 0 radical (unpaired) electrons. The average molecular weight is 251 g/mol. The normalized spacial score (nSPS) is 18.1. The highest BCUT2D eigenvalue weighted by atomic mass is 19.1. The Morgan fingerprint density at radius 1 is 1.39 bits per heavy atom. The molecule has 4 heteroatoms. The van der Waals surface area contributed by atoms with Crippen molar-refractivity contribution < 1.29 is 4.39 Å². The summed E-state index contributed by atoms with van der Waals surface area (Å²) in [6.45, 7) is 6.65. The molecule has 1 atom stereocenters. The molecule has 1 fully saturated rings. The van der Waals surface area contributed by atoms with Gasteiger partial charge in [-0.25, -0.2) is 4.39 Å². The second-order valence-corrected chi connectivity index (χ2v) is 4.86. The van der Waals surface area contributed by atoms with Gasteiger partial charge in [-0.15, -0.1) is 0 Å². The molecule has 0 saturated carbocycles. The number of hydrogen-bond donors (Lipinski definition) is 1. The number of pyridine rings is 1. The van der Waals surface area contributed by atoms with Crippen molar-refractivity contribution >= 4 is 0 Å². The molecule has 1 aromatic heterocycles. The van der Waals surface area contributed by atoms with Gasteiger partial charge >= 0.3 is 0 Å². The van der Waals surface area contributed by atoms with Gasteiger partial charge in [-0.05, 0) is 44.5 Å².